The van der Waals surface area contributed by atoms with Gasteiger partial charge in [0, 0.05) is 24.2 Å². The van der Waals surface area contributed by atoms with Gasteiger partial charge in [-0.15, -0.1) is 6.58 Å². The van der Waals surface area contributed by atoms with E-state index in [1.807, 2.05) is 18.3 Å². The second-order valence-electron chi connectivity index (χ2n) is 7.96. The van der Waals surface area contributed by atoms with Crippen LogP contribution in [0, 0.1) is 11.8 Å². The molecule has 2 bridgehead atoms. The summed E-state index contributed by atoms with van der Waals surface area (Å²) in [5.41, 5.74) is 2.26. The molecule has 0 spiro atoms. The average molecular weight is 395 g/mol. The highest BCUT2D eigenvalue weighted by Crippen LogP contribution is 2.43. The minimum absolute atomic E-state index is 0.0797. The Kier molecular flexibility index (Phi) is 6.14. The molecule has 5 atom stereocenters. The lowest BCUT2D eigenvalue weighted by Crippen LogP contribution is -2.55. The first-order valence-corrected chi connectivity index (χ1v) is 11.5. The Labute approximate surface area is 170 Å². The van der Waals surface area contributed by atoms with Crippen molar-refractivity contribution in [3.8, 4) is 5.75 Å². The van der Waals surface area contributed by atoms with Gasteiger partial charge in [-0.25, -0.2) is 0 Å². The van der Waals surface area contributed by atoms with Crippen LogP contribution in [0.25, 0.3) is 10.9 Å². The number of hydrogen-bond acceptors (Lipinski definition) is 4. The molecule has 148 valence electrons. The number of nitrogens with zero attached hydrogens (tertiary/aromatic N) is 2. The van der Waals surface area contributed by atoms with Gasteiger partial charge in [-0.05, 0) is 67.1 Å². The second kappa shape index (κ2) is 8.76. The van der Waals surface area contributed by atoms with Gasteiger partial charge < -0.3 is 9.16 Å². The van der Waals surface area contributed by atoms with E-state index < -0.39 is 0 Å². The Morgan fingerprint density at radius 2 is 2.29 bits per heavy atom. The Hall–Kier alpha value is -1.69. The zero-order chi connectivity index (χ0) is 19.5. The molecule has 2 radical (unpaired) electrons. The van der Waals surface area contributed by atoms with E-state index >= 15 is 0 Å². The first kappa shape index (κ1) is 19.6. The number of piperidine rings is 3. The zero-order valence-corrected chi connectivity index (χ0v) is 17.9. The van der Waals surface area contributed by atoms with Crippen LogP contribution >= 0.6 is 0 Å². The first-order valence-electron chi connectivity index (χ1n) is 10.4. The van der Waals surface area contributed by atoms with Crippen LogP contribution in [0.3, 0.4) is 0 Å². The predicted molar refractivity (Wildman–Crippen MR) is 115 cm³/mol. The third kappa shape index (κ3) is 3.75. The number of benzene rings is 1. The SMILES string of the molecule is C=CC1CN2CCC1CC2[C@@H](O[Si]CCC)c1ccnc2ccc(OC)cc12. The lowest BCUT2D eigenvalue weighted by Gasteiger charge is -2.51. The van der Waals surface area contributed by atoms with Gasteiger partial charge in [-0.2, -0.15) is 0 Å². The van der Waals surface area contributed by atoms with Gasteiger partial charge in [-0.1, -0.05) is 19.4 Å². The number of pyridine rings is 1. The standard InChI is InChI=1S/C23H30N2O2Si/c1-4-12-28-27-23(22-13-17-9-11-25(22)15-16(17)5-2)19-8-10-24-21-7-6-18(26-3)14-20(19)21/h5-8,10,14,16-17,22-23H,2,4,9,11-13,15H2,1,3H3/t16?,17?,22?,23-/m0/s1. The zero-order valence-electron chi connectivity index (χ0n) is 16.9. The number of hydrogen-bond donors (Lipinski definition) is 0. The smallest absolute Gasteiger partial charge is 0.230 e. The third-order valence-electron chi connectivity index (χ3n) is 6.35. The van der Waals surface area contributed by atoms with Crippen molar-refractivity contribution in [3.63, 3.8) is 0 Å². The Morgan fingerprint density at radius 1 is 1.39 bits per heavy atom. The van der Waals surface area contributed by atoms with Crippen molar-refractivity contribution in [2.45, 2.75) is 44.4 Å². The fraction of sp³-hybridized carbons (Fsp3) is 0.522. The molecule has 2 aromatic rings. The normalized spacial score (nSPS) is 27.6. The summed E-state index contributed by atoms with van der Waals surface area (Å²) in [5.74, 6) is 2.22. The summed E-state index contributed by atoms with van der Waals surface area (Å²) in [6.45, 7) is 8.58. The number of fused-ring (bicyclic) bond motifs is 4. The van der Waals surface area contributed by atoms with Crippen molar-refractivity contribution in [2.75, 3.05) is 20.2 Å². The Morgan fingerprint density at radius 3 is 3.00 bits per heavy atom. The summed E-state index contributed by atoms with van der Waals surface area (Å²) >= 11 is 0. The summed E-state index contributed by atoms with van der Waals surface area (Å²) in [6.07, 6.45) is 7.79. The molecule has 0 N–H and O–H groups in total. The molecule has 3 aliphatic heterocycles. The molecule has 4 heterocycles. The van der Waals surface area contributed by atoms with Crippen LogP contribution in [0.2, 0.25) is 6.04 Å². The van der Waals surface area contributed by atoms with Crippen LogP contribution in [0.15, 0.2) is 43.1 Å². The molecule has 3 saturated heterocycles. The van der Waals surface area contributed by atoms with Gasteiger partial charge in [0.05, 0.1) is 18.7 Å². The highest BCUT2D eigenvalue weighted by Gasteiger charge is 2.43. The molecule has 5 rings (SSSR count). The molecular weight excluding hydrogens is 364 g/mol. The fourth-order valence-electron chi connectivity index (χ4n) is 4.81. The fourth-order valence-corrected chi connectivity index (χ4v) is 5.60. The van der Waals surface area contributed by atoms with Crippen molar-refractivity contribution < 1.29 is 9.16 Å². The molecule has 28 heavy (non-hydrogen) atoms. The van der Waals surface area contributed by atoms with Gasteiger partial charge in [0.2, 0.25) is 9.76 Å². The molecule has 4 unspecified atom stereocenters. The van der Waals surface area contributed by atoms with Crippen LogP contribution in [0.1, 0.15) is 37.9 Å². The minimum atomic E-state index is 0.0797. The molecule has 3 fully saturated rings. The van der Waals surface area contributed by atoms with Gasteiger partial charge in [0.25, 0.3) is 0 Å². The van der Waals surface area contributed by atoms with Crippen molar-refractivity contribution in [2.24, 2.45) is 11.8 Å². The number of rotatable bonds is 8. The topological polar surface area (TPSA) is 34.6 Å². The average Bonchev–Trinajstić information content (AvgIpc) is 2.76. The van der Waals surface area contributed by atoms with E-state index in [4.69, 9.17) is 9.16 Å². The quantitative estimate of drug-likeness (QED) is 0.371. The molecule has 1 aromatic carbocycles. The lowest BCUT2D eigenvalue weighted by molar-refractivity contribution is -0.0352. The minimum Gasteiger partial charge on any atom is -0.497 e. The maximum Gasteiger partial charge on any atom is 0.230 e. The van der Waals surface area contributed by atoms with Gasteiger partial charge >= 0.3 is 0 Å². The Balaban J connectivity index is 1.71. The summed E-state index contributed by atoms with van der Waals surface area (Å²) in [7, 11) is 2.25. The molecule has 0 amide bonds. The lowest BCUT2D eigenvalue weighted by atomic mass is 9.73. The van der Waals surface area contributed by atoms with E-state index in [9.17, 15) is 0 Å². The summed E-state index contributed by atoms with van der Waals surface area (Å²) in [6, 6.07) is 9.83. The highest BCUT2D eigenvalue weighted by atomic mass is 28.2. The molecule has 0 aliphatic carbocycles. The van der Waals surface area contributed by atoms with Crippen LogP contribution in [-0.2, 0) is 4.43 Å². The van der Waals surface area contributed by atoms with E-state index in [-0.39, 0.29) is 6.10 Å². The summed E-state index contributed by atoms with van der Waals surface area (Å²) < 4.78 is 12.1. The van der Waals surface area contributed by atoms with E-state index in [0.717, 1.165) is 41.6 Å². The van der Waals surface area contributed by atoms with E-state index in [1.165, 1.54) is 24.9 Å². The van der Waals surface area contributed by atoms with Gasteiger partial charge in [0.1, 0.15) is 5.75 Å². The van der Waals surface area contributed by atoms with Crippen molar-refractivity contribution in [1.29, 1.82) is 0 Å². The van der Waals surface area contributed by atoms with Gasteiger partial charge in [-0.3, -0.25) is 9.88 Å². The Bertz CT molecular complexity index is 827. The molecule has 1 aromatic heterocycles. The predicted octanol–water partition coefficient (Wildman–Crippen LogP) is 4.65. The number of ether oxygens (including phenoxy) is 1. The summed E-state index contributed by atoms with van der Waals surface area (Å²) in [4.78, 5) is 7.22. The van der Waals surface area contributed by atoms with Gasteiger partial charge in [0.15, 0.2) is 0 Å². The molecule has 4 nitrogen and oxygen atoms in total. The van der Waals surface area contributed by atoms with Crippen LogP contribution in [-0.4, -0.2) is 45.9 Å². The molecule has 0 saturated carbocycles. The number of methoxy groups -OCH3 is 1. The van der Waals surface area contributed by atoms with E-state index in [0.29, 0.717) is 21.7 Å². The monoisotopic (exact) mass is 394 g/mol. The van der Waals surface area contributed by atoms with Crippen LogP contribution in [0.4, 0.5) is 0 Å². The van der Waals surface area contributed by atoms with Crippen molar-refractivity contribution in [3.05, 3.63) is 48.7 Å². The van der Waals surface area contributed by atoms with Crippen LogP contribution in [0.5, 0.6) is 5.75 Å². The summed E-state index contributed by atoms with van der Waals surface area (Å²) in [5, 5.41) is 1.15. The molecule has 5 heteroatoms. The van der Waals surface area contributed by atoms with Crippen LogP contribution < -0.4 is 4.74 Å². The van der Waals surface area contributed by atoms with Crippen molar-refractivity contribution in [1.82, 2.24) is 9.88 Å². The second-order valence-corrected chi connectivity index (χ2v) is 8.99. The molecule has 3 aliphatic rings. The maximum absolute atomic E-state index is 6.60. The first-order chi connectivity index (χ1) is 13.7. The largest absolute Gasteiger partial charge is 0.497 e. The number of aromatic nitrogens is 1. The highest BCUT2D eigenvalue weighted by molar-refractivity contribution is 6.27. The van der Waals surface area contributed by atoms with E-state index in [1.54, 1.807) is 7.11 Å². The van der Waals surface area contributed by atoms with Crippen molar-refractivity contribution >= 4 is 20.7 Å². The maximum atomic E-state index is 6.60. The molecular formula is C23H30N2O2Si. The van der Waals surface area contributed by atoms with E-state index in [2.05, 4.69) is 41.6 Å². The third-order valence-corrected chi connectivity index (χ3v) is 7.48.